The molecular formula is C21H39F2IO5S. The Morgan fingerprint density at radius 2 is 1.00 bits per heavy atom. The Morgan fingerprint density at radius 3 is 1.30 bits per heavy atom. The summed E-state index contributed by atoms with van der Waals surface area (Å²) in [5.41, 5.74) is 0. The van der Waals surface area contributed by atoms with E-state index in [1.807, 2.05) is 0 Å². The van der Waals surface area contributed by atoms with Crippen molar-refractivity contribution >= 4 is 38.7 Å². The quantitative estimate of drug-likeness (QED) is 0.0527. The number of carbonyl (C=O) groups excluding carboxylic acids is 1. The molecule has 0 fully saturated rings. The Labute approximate surface area is 195 Å². The number of halogens is 3. The number of esters is 1. The topological polar surface area (TPSA) is 80.7 Å². The van der Waals surface area contributed by atoms with Gasteiger partial charge in [-0.2, -0.15) is 17.2 Å². The van der Waals surface area contributed by atoms with Crippen molar-refractivity contribution in [3.63, 3.8) is 0 Å². The molecule has 0 aromatic carbocycles. The van der Waals surface area contributed by atoms with E-state index in [0.29, 0.717) is 6.42 Å². The lowest BCUT2D eigenvalue weighted by atomic mass is 10.0. The minimum Gasteiger partial charge on any atom is -0.460 e. The smallest absolute Gasteiger partial charge is 0.460 e. The van der Waals surface area contributed by atoms with E-state index in [1.54, 1.807) is 0 Å². The third-order valence-corrected chi connectivity index (χ3v) is 6.65. The van der Waals surface area contributed by atoms with Crippen molar-refractivity contribution in [1.29, 1.82) is 0 Å². The molecule has 0 atom stereocenters. The van der Waals surface area contributed by atoms with Crippen molar-refractivity contribution in [1.82, 2.24) is 0 Å². The largest absolute Gasteiger partial charge is 0.465 e. The Balaban J connectivity index is 3.31. The van der Waals surface area contributed by atoms with Crippen molar-refractivity contribution < 1.29 is 31.3 Å². The van der Waals surface area contributed by atoms with Gasteiger partial charge in [-0.25, -0.2) is 4.79 Å². The van der Waals surface area contributed by atoms with Gasteiger partial charge >= 0.3 is 21.3 Å². The van der Waals surface area contributed by atoms with Crippen molar-refractivity contribution in [3.8, 4) is 0 Å². The normalized spacial score (nSPS) is 12.3. The highest BCUT2D eigenvalue weighted by molar-refractivity contribution is 14.1. The number of alkyl halides is 3. The van der Waals surface area contributed by atoms with Crippen molar-refractivity contribution in [3.05, 3.63) is 0 Å². The van der Waals surface area contributed by atoms with E-state index >= 15 is 0 Å². The van der Waals surface area contributed by atoms with Gasteiger partial charge in [0, 0.05) is 0 Å². The molecule has 0 aliphatic carbocycles. The van der Waals surface area contributed by atoms with Crippen LogP contribution < -0.4 is 0 Å². The van der Waals surface area contributed by atoms with Gasteiger partial charge in [0.1, 0.15) is 0 Å². The maximum absolute atomic E-state index is 12.9. The van der Waals surface area contributed by atoms with Crippen molar-refractivity contribution in [2.75, 3.05) is 11.0 Å². The van der Waals surface area contributed by atoms with Crippen LogP contribution in [0.1, 0.15) is 109 Å². The molecule has 180 valence electrons. The molecule has 0 heterocycles. The fourth-order valence-corrected chi connectivity index (χ4v) is 4.01. The monoisotopic (exact) mass is 568 g/mol. The Bertz CT molecular complexity index is 529. The van der Waals surface area contributed by atoms with Crippen LogP contribution in [-0.4, -0.2) is 35.2 Å². The number of hydrogen-bond donors (Lipinski definition) is 1. The summed E-state index contributed by atoms with van der Waals surface area (Å²) in [6.45, 7) is -0.275. The van der Waals surface area contributed by atoms with Crippen LogP contribution >= 0.6 is 22.6 Å². The average Bonchev–Trinajstić information content (AvgIpc) is 2.68. The summed E-state index contributed by atoms with van der Waals surface area (Å²) < 4.78 is 60.5. The molecule has 0 aromatic rings. The fourth-order valence-electron chi connectivity index (χ4n) is 3.20. The number of carbonyl (C=O) groups is 1. The number of ether oxygens (including phenoxy) is 1. The summed E-state index contributed by atoms with van der Waals surface area (Å²) in [5, 5.41) is -4.90. The average molecular weight is 569 g/mol. The lowest BCUT2D eigenvalue weighted by molar-refractivity contribution is -0.161. The zero-order valence-electron chi connectivity index (χ0n) is 18.1. The molecule has 5 nitrogen and oxygen atoms in total. The molecule has 0 rings (SSSR count). The van der Waals surface area contributed by atoms with Crippen LogP contribution in [0.15, 0.2) is 0 Å². The van der Waals surface area contributed by atoms with E-state index in [1.165, 1.54) is 81.5 Å². The van der Waals surface area contributed by atoms with Gasteiger partial charge in [-0.3, -0.25) is 4.55 Å². The van der Waals surface area contributed by atoms with E-state index in [9.17, 15) is 22.0 Å². The van der Waals surface area contributed by atoms with Gasteiger partial charge in [0.25, 0.3) is 0 Å². The van der Waals surface area contributed by atoms with Crippen molar-refractivity contribution in [2.24, 2.45) is 0 Å². The van der Waals surface area contributed by atoms with Crippen LogP contribution in [0.2, 0.25) is 0 Å². The lowest BCUT2D eigenvalue weighted by Gasteiger charge is -2.11. The highest BCUT2D eigenvalue weighted by atomic mass is 127. The highest BCUT2D eigenvalue weighted by Gasteiger charge is 2.54. The number of hydrogen-bond acceptors (Lipinski definition) is 4. The summed E-state index contributed by atoms with van der Waals surface area (Å²) in [6, 6.07) is 0. The number of unbranched alkanes of at least 4 members (excludes halogenated alkanes) is 16. The summed E-state index contributed by atoms with van der Waals surface area (Å²) in [6.07, 6.45) is 20.2. The molecule has 0 spiro atoms. The van der Waals surface area contributed by atoms with Gasteiger partial charge in [-0.15, -0.1) is 0 Å². The van der Waals surface area contributed by atoms with Gasteiger partial charge in [-0.05, 0) is 17.3 Å². The molecule has 0 aliphatic heterocycles. The Kier molecular flexibility index (Phi) is 18.5. The van der Waals surface area contributed by atoms with Gasteiger partial charge in [0.15, 0.2) is 0 Å². The predicted molar refractivity (Wildman–Crippen MR) is 125 cm³/mol. The second-order valence-corrected chi connectivity index (χ2v) is 10.4. The molecule has 0 bridgehead atoms. The van der Waals surface area contributed by atoms with Crippen LogP contribution in [0.3, 0.4) is 0 Å². The first-order chi connectivity index (χ1) is 14.2. The van der Waals surface area contributed by atoms with Gasteiger partial charge < -0.3 is 4.74 Å². The SMILES string of the molecule is O=C(OCCCCCCCCCCCCCCCCCCCI)C(F)(F)S(=O)(=O)O. The molecule has 0 radical (unpaired) electrons. The molecular weight excluding hydrogens is 529 g/mol. The van der Waals surface area contributed by atoms with E-state index in [2.05, 4.69) is 27.3 Å². The molecule has 1 N–H and O–H groups in total. The van der Waals surface area contributed by atoms with Crippen LogP contribution in [-0.2, 0) is 19.6 Å². The zero-order valence-corrected chi connectivity index (χ0v) is 21.0. The van der Waals surface area contributed by atoms with E-state index in [4.69, 9.17) is 4.55 Å². The molecule has 0 amide bonds. The molecule has 0 saturated heterocycles. The second-order valence-electron chi connectivity index (χ2n) is 7.83. The summed E-state index contributed by atoms with van der Waals surface area (Å²) in [4.78, 5) is 11.0. The van der Waals surface area contributed by atoms with E-state index in [-0.39, 0.29) is 6.61 Å². The Hall–Kier alpha value is -0.0300. The summed E-state index contributed by atoms with van der Waals surface area (Å²) in [5.74, 6) is -2.23. The standard InChI is InChI=1S/C21H39F2IO5S/c22-21(23,30(26,27)28)20(25)29-19-17-15-13-11-9-7-5-3-1-2-4-6-8-10-12-14-16-18-24/h1-19H2,(H,26,27,28). The van der Waals surface area contributed by atoms with Crippen molar-refractivity contribution in [2.45, 2.75) is 114 Å². The first kappa shape index (κ1) is 30.0. The molecule has 0 aliphatic rings. The minimum absolute atomic E-state index is 0.275. The van der Waals surface area contributed by atoms with E-state index in [0.717, 1.165) is 25.7 Å². The molecule has 0 unspecified atom stereocenters. The summed E-state index contributed by atoms with van der Waals surface area (Å²) in [7, 11) is -5.78. The van der Waals surface area contributed by atoms with E-state index < -0.39 is 21.3 Å². The van der Waals surface area contributed by atoms with Crippen LogP contribution in [0.25, 0.3) is 0 Å². The summed E-state index contributed by atoms with van der Waals surface area (Å²) >= 11 is 2.44. The predicted octanol–water partition coefficient (Wildman–Crippen LogP) is 7.08. The third kappa shape index (κ3) is 15.7. The van der Waals surface area contributed by atoms with Crippen LogP contribution in [0.5, 0.6) is 0 Å². The van der Waals surface area contributed by atoms with Gasteiger partial charge in [0.05, 0.1) is 6.61 Å². The Morgan fingerprint density at radius 1 is 0.700 bits per heavy atom. The first-order valence-electron chi connectivity index (χ1n) is 11.3. The van der Waals surface area contributed by atoms with Gasteiger partial charge in [-0.1, -0.05) is 119 Å². The maximum atomic E-state index is 12.9. The molecule has 30 heavy (non-hydrogen) atoms. The molecule has 9 heteroatoms. The van der Waals surface area contributed by atoms with Crippen LogP contribution in [0, 0.1) is 0 Å². The highest BCUT2D eigenvalue weighted by Crippen LogP contribution is 2.22. The third-order valence-electron chi connectivity index (χ3n) is 5.07. The number of rotatable bonds is 21. The van der Waals surface area contributed by atoms with Gasteiger partial charge in [0.2, 0.25) is 0 Å². The fraction of sp³-hybridized carbons (Fsp3) is 0.952. The maximum Gasteiger partial charge on any atom is 0.465 e. The minimum atomic E-state index is -5.78. The zero-order chi connectivity index (χ0) is 22.7. The van der Waals surface area contributed by atoms with Crippen LogP contribution in [0.4, 0.5) is 8.78 Å². The second kappa shape index (κ2) is 18.5. The first-order valence-corrected chi connectivity index (χ1v) is 14.3. The lowest BCUT2D eigenvalue weighted by Crippen LogP contribution is -2.39. The molecule has 0 saturated carbocycles. The molecule has 0 aromatic heterocycles.